The van der Waals surface area contributed by atoms with Crippen molar-refractivity contribution in [3.8, 4) is 0 Å². The molecule has 4 nitrogen and oxygen atoms in total. The smallest absolute Gasteiger partial charge is 0.449 e. The molecule has 0 bridgehead atoms. The van der Waals surface area contributed by atoms with Gasteiger partial charge < -0.3 is 5.11 Å². The molecule has 0 saturated heterocycles. The van der Waals surface area contributed by atoms with Gasteiger partial charge in [-0.1, -0.05) is 30.3 Å². The van der Waals surface area contributed by atoms with Gasteiger partial charge in [-0.25, -0.2) is 0 Å². The van der Waals surface area contributed by atoms with E-state index in [4.69, 9.17) is 9.90 Å². The number of hydrogen-bond donors (Lipinski definition) is 1. The van der Waals surface area contributed by atoms with Crippen LogP contribution in [0.1, 0.15) is 4.88 Å². The summed E-state index contributed by atoms with van der Waals surface area (Å²) in [6.07, 6.45) is -0.940. The van der Waals surface area contributed by atoms with E-state index < -0.39 is 17.7 Å². The molecule has 0 saturated carbocycles. The van der Waals surface area contributed by atoms with Gasteiger partial charge in [0, 0.05) is 72.5 Å². The Hall–Kier alpha value is -1.68. The second-order valence-electron chi connectivity index (χ2n) is 5.61. The van der Waals surface area contributed by atoms with E-state index in [1.165, 1.54) is 6.07 Å². The maximum Gasteiger partial charge on any atom is 0.449 e. The van der Waals surface area contributed by atoms with Gasteiger partial charge in [-0.2, -0.15) is 13.2 Å². The number of pyridine rings is 2. The van der Waals surface area contributed by atoms with E-state index in [2.05, 4.69) is 34.2 Å². The number of benzene rings is 1. The van der Waals surface area contributed by atoms with Gasteiger partial charge in [-0.15, -0.1) is 11.3 Å². The van der Waals surface area contributed by atoms with Crippen LogP contribution in [-0.2, 0) is 0 Å². The molecule has 1 aromatic carbocycles. The molecule has 2 N–H and O–H groups in total. The molecular formula is C20H14EuF3N2O2S+. The van der Waals surface area contributed by atoms with Crippen LogP contribution in [0.4, 0.5) is 13.2 Å². The average Bonchev–Trinajstić information content (AvgIpc) is 3.23. The largest absolute Gasteiger partial charge is 0.504 e. The number of alkyl halides is 3. The molecule has 0 aliphatic heterocycles. The molecule has 0 amide bonds. The molecule has 3 heterocycles. The minimum atomic E-state index is -4.83. The predicted octanol–water partition coefficient (Wildman–Crippen LogP) is 5.43. The predicted molar refractivity (Wildman–Crippen MR) is 104 cm³/mol. The van der Waals surface area contributed by atoms with Gasteiger partial charge in [0.25, 0.3) is 0 Å². The van der Waals surface area contributed by atoms with E-state index in [1.807, 2.05) is 12.1 Å². The Morgan fingerprint density at radius 1 is 0.931 bits per heavy atom. The SMILES string of the molecule is O/C(=C\C(=[OH+])c1cccs1)C(F)(F)F.[Eu].c1cnc2c(c1)ccc1cccnc12. The zero-order chi connectivity index (χ0) is 20.1. The van der Waals surface area contributed by atoms with Gasteiger partial charge in [0.2, 0.25) is 5.76 Å². The molecule has 0 fully saturated rings. The molecule has 0 aliphatic carbocycles. The first-order chi connectivity index (χ1) is 13.4. The van der Waals surface area contributed by atoms with Crippen molar-refractivity contribution in [3.63, 3.8) is 0 Å². The first-order valence-corrected chi connectivity index (χ1v) is 8.90. The molecular weight excluding hydrogens is 541 g/mol. The minimum Gasteiger partial charge on any atom is -0.504 e. The van der Waals surface area contributed by atoms with Crippen molar-refractivity contribution in [2.24, 2.45) is 0 Å². The Morgan fingerprint density at radius 2 is 1.48 bits per heavy atom. The molecule has 0 unspecified atom stereocenters. The number of aliphatic hydroxyl groups is 1. The molecule has 0 atom stereocenters. The van der Waals surface area contributed by atoms with Crippen molar-refractivity contribution in [1.29, 1.82) is 0 Å². The maximum absolute atomic E-state index is 11.8. The van der Waals surface area contributed by atoms with Crippen molar-refractivity contribution < 1.29 is 72.4 Å². The number of aromatic nitrogens is 2. The van der Waals surface area contributed by atoms with Crippen LogP contribution in [0, 0.1) is 49.4 Å². The molecule has 29 heavy (non-hydrogen) atoms. The molecule has 0 spiro atoms. The first-order valence-electron chi connectivity index (χ1n) is 8.02. The normalized spacial score (nSPS) is 11.5. The summed E-state index contributed by atoms with van der Waals surface area (Å²) in [6.45, 7) is 0. The van der Waals surface area contributed by atoms with Gasteiger partial charge in [-0.05, 0) is 23.6 Å². The van der Waals surface area contributed by atoms with Crippen LogP contribution in [0.5, 0.6) is 0 Å². The van der Waals surface area contributed by atoms with Gasteiger partial charge in [-0.3, -0.25) is 14.8 Å². The Balaban J connectivity index is 0.000000200. The number of carbonyl (C=O) groups excluding carboxylic acids is 1. The molecule has 149 valence electrons. The molecule has 4 aromatic rings. The third kappa shape index (κ3) is 6.15. The fourth-order valence-corrected chi connectivity index (χ4v) is 3.03. The Labute approximate surface area is 208 Å². The fourth-order valence-electron chi connectivity index (χ4n) is 2.39. The molecule has 3 aromatic heterocycles. The van der Waals surface area contributed by atoms with Crippen molar-refractivity contribution in [2.75, 3.05) is 0 Å². The summed E-state index contributed by atoms with van der Waals surface area (Å²) < 4.78 is 35.4. The van der Waals surface area contributed by atoms with Crippen LogP contribution in [0.15, 0.2) is 78.1 Å². The Kier molecular flexibility index (Phi) is 8.45. The monoisotopic (exact) mass is 556 g/mol. The second-order valence-corrected chi connectivity index (χ2v) is 6.55. The van der Waals surface area contributed by atoms with Crippen LogP contribution in [0.25, 0.3) is 21.8 Å². The van der Waals surface area contributed by atoms with Crippen molar-refractivity contribution in [3.05, 3.63) is 83.0 Å². The first kappa shape index (κ1) is 23.6. The molecule has 4 rings (SSSR count). The number of allylic oxidation sites excluding steroid dienone is 2. The van der Waals surface area contributed by atoms with Crippen molar-refractivity contribution in [1.82, 2.24) is 9.97 Å². The van der Waals surface area contributed by atoms with E-state index in [-0.39, 0.29) is 60.3 Å². The summed E-state index contributed by atoms with van der Waals surface area (Å²) >= 11 is 1.07. The topological polar surface area (TPSA) is 67.4 Å². The zero-order valence-electron chi connectivity index (χ0n) is 14.6. The summed E-state index contributed by atoms with van der Waals surface area (Å²) in [5.41, 5.74) is 1.95. The molecule has 9 heteroatoms. The Bertz CT molecular complexity index is 1090. The summed E-state index contributed by atoms with van der Waals surface area (Å²) in [5, 5.41) is 12.4. The van der Waals surface area contributed by atoms with E-state index in [9.17, 15) is 13.2 Å². The van der Waals surface area contributed by atoms with Crippen LogP contribution in [0.3, 0.4) is 0 Å². The number of ketones is 1. The zero-order valence-corrected chi connectivity index (χ0v) is 17.9. The summed E-state index contributed by atoms with van der Waals surface area (Å²) in [6, 6.07) is 15.2. The number of hydrogen-bond acceptors (Lipinski definition) is 4. The second kappa shape index (κ2) is 10.4. The van der Waals surface area contributed by atoms with Gasteiger partial charge in [0.05, 0.1) is 17.1 Å². The third-order valence-corrected chi connectivity index (χ3v) is 4.57. The van der Waals surface area contributed by atoms with E-state index in [0.29, 0.717) is 0 Å². The van der Waals surface area contributed by atoms with Crippen LogP contribution in [-0.4, -0.2) is 31.8 Å². The summed E-state index contributed by atoms with van der Waals surface area (Å²) in [5.74, 6) is -2.42. The van der Waals surface area contributed by atoms with Crippen LogP contribution >= 0.6 is 11.3 Å². The number of aliphatic hydroxyl groups excluding tert-OH is 1. The number of halogens is 3. The number of fused-ring (bicyclic) bond motifs is 3. The quantitative estimate of drug-likeness (QED) is 0.118. The van der Waals surface area contributed by atoms with Gasteiger partial charge in [0.15, 0.2) is 0 Å². The Morgan fingerprint density at radius 3 is 1.93 bits per heavy atom. The van der Waals surface area contributed by atoms with E-state index in [0.717, 1.165) is 33.1 Å². The van der Waals surface area contributed by atoms with Crippen LogP contribution < -0.4 is 0 Å². The summed E-state index contributed by atoms with van der Waals surface area (Å²) in [4.78, 5) is 18.1. The fraction of sp³-hybridized carbons (Fsp3) is 0.0500. The van der Waals surface area contributed by atoms with Crippen LogP contribution in [0.2, 0.25) is 0 Å². The number of rotatable bonds is 2. The summed E-state index contributed by atoms with van der Waals surface area (Å²) in [7, 11) is 0. The molecule has 0 aliphatic rings. The van der Waals surface area contributed by atoms with E-state index >= 15 is 0 Å². The van der Waals surface area contributed by atoms with Crippen molar-refractivity contribution >= 4 is 38.9 Å². The van der Waals surface area contributed by atoms with Gasteiger partial charge in [0.1, 0.15) is 4.88 Å². The van der Waals surface area contributed by atoms with E-state index in [1.54, 1.807) is 23.8 Å². The number of nitrogens with zero attached hydrogens (tertiary/aromatic N) is 2. The standard InChI is InChI=1S/C12H8N2.C8H5F3O2S.Eu/c1-3-9-5-6-10-4-2-8-14-12(10)11(9)13-7-1;9-8(10,11)7(13)4-5(12)6-2-1-3-14-6;/h1-8H;1-4,13H;/p+1/b;7-4-;. The van der Waals surface area contributed by atoms with Crippen molar-refractivity contribution in [2.45, 2.75) is 6.18 Å². The van der Waals surface area contributed by atoms with Gasteiger partial charge >= 0.3 is 12.0 Å². The maximum atomic E-state index is 11.8. The average molecular weight is 555 g/mol. The minimum absolute atomic E-state index is 0. The third-order valence-electron chi connectivity index (χ3n) is 3.68. The number of thiophene rings is 1. The molecule has 1 radical (unpaired) electrons.